The standard InChI is InChI=1S/C22H14N2O5/c25-21(23-17-8-4-9-18(13-17)24(27)28)16-7-3-6-14(11-16)19-12-15-5-1-2-10-20(15)29-22(19)26/h1-13H,(H,23,25). The first-order valence-corrected chi connectivity index (χ1v) is 8.70. The molecule has 0 spiro atoms. The van der Waals surface area contributed by atoms with Crippen molar-refractivity contribution in [1.29, 1.82) is 0 Å². The number of carbonyl (C=O) groups is 1. The van der Waals surface area contributed by atoms with E-state index in [9.17, 15) is 19.7 Å². The number of para-hydroxylation sites is 1. The van der Waals surface area contributed by atoms with Gasteiger partial charge in [0, 0.05) is 28.8 Å². The van der Waals surface area contributed by atoms with Crippen molar-refractivity contribution in [2.75, 3.05) is 5.32 Å². The molecule has 3 aromatic carbocycles. The predicted molar refractivity (Wildman–Crippen MR) is 109 cm³/mol. The molecule has 29 heavy (non-hydrogen) atoms. The van der Waals surface area contributed by atoms with Crippen LogP contribution < -0.4 is 10.9 Å². The van der Waals surface area contributed by atoms with E-state index in [1.54, 1.807) is 48.5 Å². The molecule has 0 aliphatic rings. The number of fused-ring (bicyclic) bond motifs is 1. The fraction of sp³-hybridized carbons (Fsp3) is 0. The second-order valence-corrected chi connectivity index (χ2v) is 6.33. The highest BCUT2D eigenvalue weighted by molar-refractivity contribution is 6.05. The highest BCUT2D eigenvalue weighted by atomic mass is 16.6. The number of nitro benzene ring substituents is 1. The third-order valence-corrected chi connectivity index (χ3v) is 4.39. The minimum atomic E-state index is -0.532. The van der Waals surface area contributed by atoms with Crippen LogP contribution in [0, 0.1) is 10.1 Å². The lowest BCUT2D eigenvalue weighted by atomic mass is 10.0. The van der Waals surface area contributed by atoms with Crippen LogP contribution in [0.3, 0.4) is 0 Å². The predicted octanol–water partition coefficient (Wildman–Crippen LogP) is 4.62. The maximum Gasteiger partial charge on any atom is 0.344 e. The molecule has 0 aliphatic carbocycles. The molecule has 1 N–H and O–H groups in total. The lowest BCUT2D eigenvalue weighted by Gasteiger charge is -2.07. The van der Waals surface area contributed by atoms with E-state index >= 15 is 0 Å². The second-order valence-electron chi connectivity index (χ2n) is 6.33. The Balaban J connectivity index is 1.66. The molecule has 1 heterocycles. The number of carbonyl (C=O) groups excluding carboxylic acids is 1. The summed E-state index contributed by atoms with van der Waals surface area (Å²) >= 11 is 0. The van der Waals surface area contributed by atoms with E-state index in [-0.39, 0.29) is 5.69 Å². The fourth-order valence-electron chi connectivity index (χ4n) is 2.99. The number of nitrogens with zero attached hydrogens (tertiary/aromatic N) is 1. The molecule has 0 saturated heterocycles. The van der Waals surface area contributed by atoms with Gasteiger partial charge in [-0.25, -0.2) is 4.79 Å². The molecule has 142 valence electrons. The molecular weight excluding hydrogens is 372 g/mol. The van der Waals surface area contributed by atoms with Gasteiger partial charge in [-0.3, -0.25) is 14.9 Å². The second kappa shape index (κ2) is 7.40. The zero-order chi connectivity index (χ0) is 20.4. The van der Waals surface area contributed by atoms with Gasteiger partial charge in [0.15, 0.2) is 0 Å². The molecule has 4 aromatic rings. The topological polar surface area (TPSA) is 102 Å². The van der Waals surface area contributed by atoms with Gasteiger partial charge in [0.2, 0.25) is 0 Å². The molecule has 0 aliphatic heterocycles. The molecule has 0 radical (unpaired) electrons. The van der Waals surface area contributed by atoms with Gasteiger partial charge < -0.3 is 9.73 Å². The van der Waals surface area contributed by atoms with Crippen molar-refractivity contribution in [2.45, 2.75) is 0 Å². The van der Waals surface area contributed by atoms with E-state index in [0.717, 1.165) is 5.39 Å². The Morgan fingerprint density at radius 2 is 1.72 bits per heavy atom. The average molecular weight is 386 g/mol. The molecule has 7 nitrogen and oxygen atoms in total. The maximum atomic E-state index is 12.6. The number of hydrogen-bond donors (Lipinski definition) is 1. The van der Waals surface area contributed by atoms with E-state index < -0.39 is 16.5 Å². The smallest absolute Gasteiger partial charge is 0.344 e. The quantitative estimate of drug-likeness (QED) is 0.313. The SMILES string of the molecule is O=C(Nc1cccc([N+](=O)[O-])c1)c1cccc(-c2cc3ccccc3oc2=O)c1. The lowest BCUT2D eigenvalue weighted by molar-refractivity contribution is -0.384. The number of amides is 1. The number of benzene rings is 3. The van der Waals surface area contributed by atoms with Crippen LogP contribution in [0.25, 0.3) is 22.1 Å². The van der Waals surface area contributed by atoms with Gasteiger partial charge in [0.05, 0.1) is 10.5 Å². The van der Waals surface area contributed by atoms with Crippen molar-refractivity contribution >= 4 is 28.3 Å². The van der Waals surface area contributed by atoms with Crippen molar-refractivity contribution in [2.24, 2.45) is 0 Å². The van der Waals surface area contributed by atoms with Crippen LogP contribution in [-0.4, -0.2) is 10.8 Å². The van der Waals surface area contributed by atoms with Gasteiger partial charge in [-0.1, -0.05) is 36.4 Å². The molecule has 4 rings (SSSR count). The molecular formula is C22H14N2O5. The van der Waals surface area contributed by atoms with Crippen molar-refractivity contribution in [3.8, 4) is 11.1 Å². The first-order valence-electron chi connectivity index (χ1n) is 8.70. The van der Waals surface area contributed by atoms with Crippen LogP contribution in [0.4, 0.5) is 11.4 Å². The minimum Gasteiger partial charge on any atom is -0.422 e. The molecule has 1 aromatic heterocycles. The largest absolute Gasteiger partial charge is 0.422 e. The summed E-state index contributed by atoms with van der Waals surface area (Å²) in [5.74, 6) is -0.447. The minimum absolute atomic E-state index is 0.120. The Labute approximate surface area is 164 Å². The third kappa shape index (κ3) is 3.74. The molecule has 0 saturated carbocycles. The van der Waals surface area contributed by atoms with Crippen LogP contribution in [0.15, 0.2) is 88.1 Å². The number of nitrogens with one attached hydrogen (secondary N) is 1. The van der Waals surface area contributed by atoms with Crippen molar-refractivity contribution in [3.05, 3.63) is 105 Å². The Hall–Kier alpha value is -4.26. The zero-order valence-electron chi connectivity index (χ0n) is 15.0. The van der Waals surface area contributed by atoms with Gasteiger partial charge in [-0.05, 0) is 35.9 Å². The molecule has 0 atom stereocenters. The summed E-state index contributed by atoms with van der Waals surface area (Å²) in [4.78, 5) is 35.3. The summed E-state index contributed by atoms with van der Waals surface area (Å²) in [5.41, 5.74) is 1.36. The molecule has 7 heteroatoms. The van der Waals surface area contributed by atoms with Gasteiger partial charge in [-0.15, -0.1) is 0 Å². The van der Waals surface area contributed by atoms with E-state index in [4.69, 9.17) is 4.42 Å². The van der Waals surface area contributed by atoms with Crippen molar-refractivity contribution < 1.29 is 14.1 Å². The number of anilines is 1. The van der Waals surface area contributed by atoms with Crippen LogP contribution in [0.2, 0.25) is 0 Å². The van der Waals surface area contributed by atoms with Crippen molar-refractivity contribution in [1.82, 2.24) is 0 Å². The van der Waals surface area contributed by atoms with E-state index in [0.29, 0.717) is 28.0 Å². The number of nitro groups is 1. The Morgan fingerprint density at radius 1 is 0.931 bits per heavy atom. The molecule has 0 fully saturated rings. The lowest BCUT2D eigenvalue weighted by Crippen LogP contribution is -2.12. The number of rotatable bonds is 4. The van der Waals surface area contributed by atoms with Crippen LogP contribution >= 0.6 is 0 Å². The normalized spacial score (nSPS) is 10.6. The van der Waals surface area contributed by atoms with Gasteiger partial charge in [-0.2, -0.15) is 0 Å². The summed E-state index contributed by atoms with van der Waals surface area (Å²) in [7, 11) is 0. The number of non-ortho nitro benzene ring substituents is 1. The maximum absolute atomic E-state index is 12.6. The van der Waals surface area contributed by atoms with E-state index in [1.165, 1.54) is 18.2 Å². The van der Waals surface area contributed by atoms with Gasteiger partial charge >= 0.3 is 5.63 Å². The van der Waals surface area contributed by atoms with Gasteiger partial charge in [0.1, 0.15) is 5.58 Å². The van der Waals surface area contributed by atoms with Crippen LogP contribution in [-0.2, 0) is 0 Å². The molecule has 1 amide bonds. The third-order valence-electron chi connectivity index (χ3n) is 4.39. The highest BCUT2D eigenvalue weighted by Crippen LogP contribution is 2.23. The number of hydrogen-bond acceptors (Lipinski definition) is 5. The summed E-state index contributed by atoms with van der Waals surface area (Å²) in [5, 5.41) is 14.3. The Bertz CT molecular complexity index is 1310. The Kier molecular flexibility index (Phi) is 4.62. The summed E-state index contributed by atoms with van der Waals surface area (Å²) in [6.45, 7) is 0. The highest BCUT2D eigenvalue weighted by Gasteiger charge is 2.13. The Morgan fingerprint density at radius 3 is 2.55 bits per heavy atom. The van der Waals surface area contributed by atoms with Crippen LogP contribution in [0.1, 0.15) is 10.4 Å². The first-order chi connectivity index (χ1) is 14.0. The molecule has 0 bridgehead atoms. The molecule has 0 unspecified atom stereocenters. The summed E-state index contributed by atoms with van der Waals surface area (Å²) in [6.07, 6.45) is 0. The van der Waals surface area contributed by atoms with E-state index in [1.807, 2.05) is 12.1 Å². The van der Waals surface area contributed by atoms with Gasteiger partial charge in [0.25, 0.3) is 11.6 Å². The average Bonchev–Trinajstić information content (AvgIpc) is 2.73. The zero-order valence-corrected chi connectivity index (χ0v) is 15.0. The first kappa shape index (κ1) is 18.1. The summed E-state index contributed by atoms with van der Waals surface area (Å²) < 4.78 is 5.36. The monoisotopic (exact) mass is 386 g/mol. The van der Waals surface area contributed by atoms with E-state index in [2.05, 4.69) is 5.32 Å². The van der Waals surface area contributed by atoms with Crippen LogP contribution in [0.5, 0.6) is 0 Å². The van der Waals surface area contributed by atoms with Crippen molar-refractivity contribution in [3.63, 3.8) is 0 Å². The fourth-order valence-corrected chi connectivity index (χ4v) is 2.99. The summed E-state index contributed by atoms with van der Waals surface area (Å²) in [6, 6.07) is 21.1.